The van der Waals surface area contributed by atoms with Gasteiger partial charge in [0, 0.05) is 6.08 Å². The van der Waals surface area contributed by atoms with Crippen LogP contribution in [0.25, 0.3) is 0 Å². The molecule has 0 atom stereocenters. The van der Waals surface area contributed by atoms with E-state index in [2.05, 4.69) is 0 Å². The highest BCUT2D eigenvalue weighted by Crippen LogP contribution is 2.32. The lowest BCUT2D eigenvalue weighted by Crippen LogP contribution is -1.83. The number of phenolic OH excluding ortho intramolecular Hbond substituents is 3. The number of hydrogen-bond donors (Lipinski definition) is 4. The Morgan fingerprint density at radius 1 is 1.20 bits per heavy atom. The van der Waals surface area contributed by atoms with Gasteiger partial charge >= 0.3 is 5.97 Å². The molecule has 1 rings (SSSR count). The molecule has 0 heterocycles. The monoisotopic (exact) mass is 212 g/mol. The summed E-state index contributed by atoms with van der Waals surface area (Å²) < 4.78 is 0. The molecule has 82 valence electrons. The van der Waals surface area contributed by atoms with E-state index < -0.39 is 11.7 Å². The number of carbonyl (C=O) groups is 1. The van der Waals surface area contributed by atoms with Crippen LogP contribution in [0.2, 0.25) is 0 Å². The van der Waals surface area contributed by atoms with Crippen LogP contribution in [0.1, 0.15) is 6.92 Å². The molecular weight excluding hydrogens is 200 g/mol. The Morgan fingerprint density at radius 2 is 1.67 bits per heavy atom. The smallest absolute Gasteiger partial charge is 0.327 e. The van der Waals surface area contributed by atoms with Crippen molar-refractivity contribution in [3.05, 3.63) is 30.4 Å². The van der Waals surface area contributed by atoms with Gasteiger partial charge in [0.05, 0.1) is 0 Å². The molecule has 15 heavy (non-hydrogen) atoms. The Labute approximate surface area is 86.5 Å². The summed E-state index contributed by atoms with van der Waals surface area (Å²) in [5, 5.41) is 33.9. The summed E-state index contributed by atoms with van der Waals surface area (Å²) >= 11 is 0. The van der Waals surface area contributed by atoms with Crippen molar-refractivity contribution < 1.29 is 25.2 Å². The molecule has 4 N–H and O–H groups in total. The van der Waals surface area contributed by atoms with Crippen LogP contribution in [0.4, 0.5) is 0 Å². The first-order valence-electron chi connectivity index (χ1n) is 4.04. The van der Waals surface area contributed by atoms with Crippen LogP contribution in [0, 0.1) is 0 Å². The maximum Gasteiger partial charge on any atom is 0.327 e. The molecule has 0 aliphatic heterocycles. The van der Waals surface area contributed by atoms with Crippen LogP contribution in [-0.4, -0.2) is 26.4 Å². The number of benzene rings is 1. The van der Waals surface area contributed by atoms with E-state index in [1.807, 2.05) is 0 Å². The van der Waals surface area contributed by atoms with Crippen LogP contribution >= 0.6 is 0 Å². The number of hydrogen-bond acceptors (Lipinski definition) is 4. The van der Waals surface area contributed by atoms with E-state index in [0.29, 0.717) is 0 Å². The predicted octanol–water partition coefficient (Wildman–Crippen LogP) is 1.45. The molecule has 0 aliphatic carbocycles. The van der Waals surface area contributed by atoms with Gasteiger partial charge in [0.2, 0.25) is 0 Å². The molecule has 5 heteroatoms. The van der Waals surface area contributed by atoms with Crippen molar-refractivity contribution in [2.45, 2.75) is 6.92 Å². The zero-order valence-corrected chi connectivity index (χ0v) is 8.08. The predicted molar refractivity (Wildman–Crippen MR) is 53.9 cm³/mol. The summed E-state index contributed by atoms with van der Waals surface area (Å²) in [7, 11) is 0. The molecule has 5 nitrogen and oxygen atoms in total. The molecule has 0 spiro atoms. The Hall–Kier alpha value is -2.17. The highest BCUT2D eigenvalue weighted by molar-refractivity contribution is 5.79. The van der Waals surface area contributed by atoms with Crippen molar-refractivity contribution in [2.24, 2.45) is 0 Å². The topological polar surface area (TPSA) is 98.0 Å². The maximum atomic E-state index is 9.51. The first-order chi connectivity index (χ1) is 6.99. The molecule has 0 saturated heterocycles. The summed E-state index contributed by atoms with van der Waals surface area (Å²) in [5.41, 5.74) is 0. The highest BCUT2D eigenvalue weighted by Gasteiger charge is 2.00. The quantitative estimate of drug-likeness (QED) is 0.417. The number of carboxylic acid groups (broad SMARTS) is 1. The number of allylic oxidation sites excluding steroid dienone is 1. The number of phenols is 3. The van der Waals surface area contributed by atoms with Gasteiger partial charge in [0.15, 0.2) is 17.2 Å². The fourth-order valence-corrected chi connectivity index (χ4v) is 0.662. The van der Waals surface area contributed by atoms with Crippen molar-refractivity contribution >= 4 is 5.97 Å². The third kappa shape index (κ3) is 5.20. The van der Waals surface area contributed by atoms with Gasteiger partial charge in [-0.2, -0.15) is 0 Å². The second-order valence-electron chi connectivity index (χ2n) is 2.48. The second-order valence-corrected chi connectivity index (χ2v) is 2.48. The highest BCUT2D eigenvalue weighted by atomic mass is 16.4. The number of rotatable bonds is 1. The largest absolute Gasteiger partial charge is 0.504 e. The summed E-state index contributed by atoms with van der Waals surface area (Å²) in [4.78, 5) is 9.51. The molecular formula is C10H12O5. The summed E-state index contributed by atoms with van der Waals surface area (Å²) in [6.45, 7) is 1.66. The van der Waals surface area contributed by atoms with Gasteiger partial charge in [-0.1, -0.05) is 12.1 Å². The zero-order valence-electron chi connectivity index (χ0n) is 8.08. The molecule has 0 amide bonds. The maximum absolute atomic E-state index is 9.51. The van der Waals surface area contributed by atoms with Crippen molar-refractivity contribution in [3.63, 3.8) is 0 Å². The van der Waals surface area contributed by atoms with Crippen LogP contribution in [-0.2, 0) is 4.79 Å². The summed E-state index contributed by atoms with van der Waals surface area (Å²) in [6.07, 6.45) is 2.56. The number of para-hydroxylation sites is 1. The van der Waals surface area contributed by atoms with E-state index in [4.69, 9.17) is 20.4 Å². The van der Waals surface area contributed by atoms with E-state index in [9.17, 15) is 4.79 Å². The molecule has 1 aromatic rings. The third-order valence-electron chi connectivity index (χ3n) is 1.30. The summed E-state index contributed by atoms with van der Waals surface area (Å²) in [5.74, 6) is -1.99. The van der Waals surface area contributed by atoms with E-state index in [1.165, 1.54) is 24.3 Å². The van der Waals surface area contributed by atoms with Crippen LogP contribution in [0.5, 0.6) is 17.2 Å². The SMILES string of the molecule is CC=CC(=O)O.Oc1cccc(O)c1O. The minimum absolute atomic E-state index is 0.310. The molecule has 0 radical (unpaired) electrons. The van der Waals surface area contributed by atoms with Crippen LogP contribution in [0.3, 0.4) is 0 Å². The van der Waals surface area contributed by atoms with Crippen molar-refractivity contribution in [1.29, 1.82) is 0 Å². The molecule has 0 fully saturated rings. The number of aromatic hydroxyl groups is 3. The van der Waals surface area contributed by atoms with Gasteiger partial charge in [0.25, 0.3) is 0 Å². The van der Waals surface area contributed by atoms with Gasteiger partial charge in [-0.15, -0.1) is 0 Å². The Kier molecular flexibility index (Phi) is 5.40. The minimum atomic E-state index is -0.891. The Balaban J connectivity index is 0.000000288. The first-order valence-corrected chi connectivity index (χ1v) is 4.04. The van der Waals surface area contributed by atoms with Gasteiger partial charge < -0.3 is 20.4 Å². The van der Waals surface area contributed by atoms with E-state index in [1.54, 1.807) is 6.92 Å². The Bertz CT molecular complexity index is 337. The van der Waals surface area contributed by atoms with E-state index in [0.717, 1.165) is 6.08 Å². The van der Waals surface area contributed by atoms with Crippen molar-refractivity contribution in [2.75, 3.05) is 0 Å². The van der Waals surface area contributed by atoms with E-state index in [-0.39, 0.29) is 11.5 Å². The second kappa shape index (κ2) is 6.31. The number of carboxylic acids is 1. The van der Waals surface area contributed by atoms with Gasteiger partial charge in [-0.3, -0.25) is 0 Å². The molecule has 1 aromatic carbocycles. The van der Waals surface area contributed by atoms with E-state index >= 15 is 0 Å². The summed E-state index contributed by atoms with van der Waals surface area (Å²) in [6, 6.07) is 4.01. The average molecular weight is 212 g/mol. The lowest BCUT2D eigenvalue weighted by Gasteiger charge is -1.96. The lowest BCUT2D eigenvalue weighted by atomic mass is 10.3. The van der Waals surface area contributed by atoms with Crippen LogP contribution < -0.4 is 0 Å². The minimum Gasteiger partial charge on any atom is -0.504 e. The van der Waals surface area contributed by atoms with Crippen LogP contribution in [0.15, 0.2) is 30.4 Å². The van der Waals surface area contributed by atoms with Gasteiger partial charge in [-0.25, -0.2) is 4.79 Å². The molecule has 0 unspecified atom stereocenters. The molecule has 0 bridgehead atoms. The molecule has 0 saturated carbocycles. The van der Waals surface area contributed by atoms with Crippen molar-refractivity contribution in [3.8, 4) is 17.2 Å². The lowest BCUT2D eigenvalue weighted by molar-refractivity contribution is -0.131. The number of aliphatic carboxylic acids is 1. The zero-order chi connectivity index (χ0) is 11.8. The fourth-order valence-electron chi connectivity index (χ4n) is 0.662. The third-order valence-corrected chi connectivity index (χ3v) is 1.30. The fraction of sp³-hybridized carbons (Fsp3) is 0.100. The Morgan fingerprint density at radius 3 is 1.87 bits per heavy atom. The molecule has 0 aromatic heterocycles. The van der Waals surface area contributed by atoms with Gasteiger partial charge in [0.1, 0.15) is 0 Å². The van der Waals surface area contributed by atoms with Gasteiger partial charge in [-0.05, 0) is 19.1 Å². The first kappa shape index (κ1) is 12.8. The molecule has 0 aliphatic rings. The standard InChI is InChI=1S/C6H6O3.C4H6O2/c7-4-2-1-3-5(8)6(4)9;1-2-3-4(5)6/h1-3,7-9H;2-3H,1H3,(H,5,6). The average Bonchev–Trinajstić information content (AvgIpc) is 2.15. The normalized spacial score (nSPS) is 9.40. The van der Waals surface area contributed by atoms with Crippen molar-refractivity contribution in [1.82, 2.24) is 0 Å².